The van der Waals surface area contributed by atoms with Crippen LogP contribution < -0.4 is 5.32 Å². The van der Waals surface area contributed by atoms with Gasteiger partial charge in [0.05, 0.1) is 10.5 Å². The standard InChI is InChI=1S/C13H16N2O5S/c1-14-12(16)10-6-4-8-15(10)21(19,20)11-7-3-2-5-9(11)13(17)18/h2-3,5,7,10H,4,6,8H2,1H3,(H,14,16)(H,17,18). The van der Waals surface area contributed by atoms with E-state index in [9.17, 15) is 18.0 Å². The Bertz CT molecular complexity index is 671. The van der Waals surface area contributed by atoms with Crippen molar-refractivity contribution in [1.82, 2.24) is 9.62 Å². The Morgan fingerprint density at radius 2 is 2.00 bits per heavy atom. The summed E-state index contributed by atoms with van der Waals surface area (Å²) in [4.78, 5) is 22.7. The van der Waals surface area contributed by atoms with E-state index in [0.29, 0.717) is 12.8 Å². The molecule has 7 nitrogen and oxygen atoms in total. The van der Waals surface area contributed by atoms with E-state index >= 15 is 0 Å². The van der Waals surface area contributed by atoms with Gasteiger partial charge >= 0.3 is 5.97 Å². The number of hydrogen-bond acceptors (Lipinski definition) is 4. The molecule has 1 fully saturated rings. The molecular formula is C13H16N2O5S. The third kappa shape index (κ3) is 2.77. The normalized spacial score (nSPS) is 19.4. The highest BCUT2D eigenvalue weighted by atomic mass is 32.2. The molecule has 0 bridgehead atoms. The third-order valence-electron chi connectivity index (χ3n) is 3.46. The molecule has 1 aliphatic heterocycles. The van der Waals surface area contributed by atoms with Gasteiger partial charge in [0, 0.05) is 13.6 Å². The first-order valence-corrected chi connectivity index (χ1v) is 7.89. The van der Waals surface area contributed by atoms with Crippen LogP contribution >= 0.6 is 0 Å². The minimum Gasteiger partial charge on any atom is -0.478 e. The Kier molecular flexibility index (Phi) is 4.29. The Morgan fingerprint density at radius 1 is 1.33 bits per heavy atom. The number of likely N-dealkylation sites (N-methyl/N-ethyl adjacent to an activating group) is 1. The van der Waals surface area contributed by atoms with E-state index in [2.05, 4.69) is 5.32 Å². The zero-order chi connectivity index (χ0) is 15.6. The molecule has 1 aliphatic rings. The summed E-state index contributed by atoms with van der Waals surface area (Å²) in [6.45, 7) is 0.203. The Hall–Kier alpha value is -1.93. The zero-order valence-corrected chi connectivity index (χ0v) is 12.3. The van der Waals surface area contributed by atoms with Gasteiger partial charge in [0.25, 0.3) is 0 Å². The van der Waals surface area contributed by atoms with Gasteiger partial charge in [-0.2, -0.15) is 4.31 Å². The summed E-state index contributed by atoms with van der Waals surface area (Å²) in [7, 11) is -2.59. The van der Waals surface area contributed by atoms with Crippen LogP contribution in [0.2, 0.25) is 0 Å². The van der Waals surface area contributed by atoms with Gasteiger partial charge in [-0.3, -0.25) is 4.79 Å². The first kappa shape index (κ1) is 15.5. The molecular weight excluding hydrogens is 296 g/mol. The smallest absolute Gasteiger partial charge is 0.337 e. The number of carboxylic acids is 1. The highest BCUT2D eigenvalue weighted by Crippen LogP contribution is 2.28. The summed E-state index contributed by atoms with van der Waals surface area (Å²) in [6, 6.07) is 4.62. The van der Waals surface area contributed by atoms with Crippen molar-refractivity contribution in [2.75, 3.05) is 13.6 Å². The molecule has 1 aromatic rings. The highest BCUT2D eigenvalue weighted by Gasteiger charge is 2.40. The number of carbonyl (C=O) groups is 2. The number of carbonyl (C=O) groups excluding carboxylic acids is 1. The lowest BCUT2D eigenvalue weighted by Gasteiger charge is -2.23. The number of benzene rings is 1. The number of sulfonamides is 1. The lowest BCUT2D eigenvalue weighted by atomic mass is 10.2. The largest absolute Gasteiger partial charge is 0.478 e. The second-order valence-electron chi connectivity index (χ2n) is 4.69. The molecule has 1 saturated heterocycles. The first-order valence-electron chi connectivity index (χ1n) is 6.45. The van der Waals surface area contributed by atoms with Gasteiger partial charge < -0.3 is 10.4 Å². The summed E-state index contributed by atoms with van der Waals surface area (Å²) >= 11 is 0. The van der Waals surface area contributed by atoms with Crippen molar-refractivity contribution < 1.29 is 23.1 Å². The van der Waals surface area contributed by atoms with Gasteiger partial charge in [0.2, 0.25) is 15.9 Å². The molecule has 0 saturated carbocycles. The van der Waals surface area contributed by atoms with Crippen LogP contribution in [-0.2, 0) is 14.8 Å². The predicted molar refractivity (Wildman–Crippen MR) is 74.4 cm³/mol. The van der Waals surface area contributed by atoms with Crippen molar-refractivity contribution in [2.45, 2.75) is 23.8 Å². The van der Waals surface area contributed by atoms with E-state index in [1.807, 2.05) is 0 Å². The van der Waals surface area contributed by atoms with Gasteiger partial charge in [-0.15, -0.1) is 0 Å². The lowest BCUT2D eigenvalue weighted by Crippen LogP contribution is -2.45. The maximum Gasteiger partial charge on any atom is 0.337 e. The van der Waals surface area contributed by atoms with Gasteiger partial charge in [-0.1, -0.05) is 12.1 Å². The molecule has 2 rings (SSSR count). The Balaban J connectivity index is 2.48. The van der Waals surface area contributed by atoms with Crippen molar-refractivity contribution in [3.8, 4) is 0 Å². The minimum atomic E-state index is -4.03. The van der Waals surface area contributed by atoms with Crippen LogP contribution in [0.5, 0.6) is 0 Å². The molecule has 1 aromatic carbocycles. The molecule has 0 aliphatic carbocycles. The number of nitrogens with one attached hydrogen (secondary N) is 1. The number of amides is 1. The van der Waals surface area contributed by atoms with E-state index in [1.54, 1.807) is 0 Å². The van der Waals surface area contributed by atoms with Crippen LogP contribution in [0.25, 0.3) is 0 Å². The van der Waals surface area contributed by atoms with Crippen LogP contribution in [0, 0.1) is 0 Å². The van der Waals surface area contributed by atoms with Gasteiger partial charge in [0.1, 0.15) is 6.04 Å². The van der Waals surface area contributed by atoms with Crippen molar-refractivity contribution in [1.29, 1.82) is 0 Å². The Morgan fingerprint density at radius 3 is 2.62 bits per heavy atom. The van der Waals surface area contributed by atoms with Gasteiger partial charge in [-0.05, 0) is 25.0 Å². The van der Waals surface area contributed by atoms with Crippen molar-refractivity contribution in [3.05, 3.63) is 29.8 Å². The number of aromatic carboxylic acids is 1. The van der Waals surface area contributed by atoms with Crippen molar-refractivity contribution >= 4 is 21.9 Å². The average Bonchev–Trinajstić information content (AvgIpc) is 2.96. The van der Waals surface area contributed by atoms with Crippen LogP contribution in [0.1, 0.15) is 23.2 Å². The van der Waals surface area contributed by atoms with Crippen LogP contribution in [0.3, 0.4) is 0 Å². The molecule has 21 heavy (non-hydrogen) atoms. The molecule has 1 amide bonds. The van der Waals surface area contributed by atoms with E-state index in [4.69, 9.17) is 5.11 Å². The number of nitrogens with zero attached hydrogens (tertiary/aromatic N) is 1. The Labute approximate surface area is 122 Å². The molecule has 1 atom stereocenters. The monoisotopic (exact) mass is 312 g/mol. The topological polar surface area (TPSA) is 104 Å². The molecule has 2 N–H and O–H groups in total. The van der Waals surface area contributed by atoms with E-state index in [-0.39, 0.29) is 22.9 Å². The van der Waals surface area contributed by atoms with Gasteiger partial charge in [0.15, 0.2) is 0 Å². The maximum absolute atomic E-state index is 12.7. The number of carboxylic acid groups (broad SMARTS) is 1. The van der Waals surface area contributed by atoms with E-state index in [1.165, 1.54) is 31.3 Å². The third-order valence-corrected chi connectivity index (χ3v) is 5.42. The summed E-state index contributed by atoms with van der Waals surface area (Å²) < 4.78 is 26.4. The summed E-state index contributed by atoms with van der Waals surface area (Å²) in [6.07, 6.45) is 0.987. The lowest BCUT2D eigenvalue weighted by molar-refractivity contribution is -0.123. The summed E-state index contributed by atoms with van der Waals surface area (Å²) in [5, 5.41) is 11.6. The fourth-order valence-electron chi connectivity index (χ4n) is 2.45. The molecule has 0 radical (unpaired) electrons. The fraction of sp³-hybridized carbons (Fsp3) is 0.385. The minimum absolute atomic E-state index is 0.203. The second-order valence-corrected chi connectivity index (χ2v) is 6.55. The van der Waals surface area contributed by atoms with Crippen LogP contribution in [-0.4, -0.2) is 49.3 Å². The first-order chi connectivity index (χ1) is 9.89. The van der Waals surface area contributed by atoms with Gasteiger partial charge in [-0.25, -0.2) is 13.2 Å². The SMILES string of the molecule is CNC(=O)C1CCCN1S(=O)(=O)c1ccccc1C(=O)O. The fourth-order valence-corrected chi connectivity index (χ4v) is 4.29. The molecule has 0 aromatic heterocycles. The second kappa shape index (κ2) is 5.82. The average molecular weight is 312 g/mol. The quantitative estimate of drug-likeness (QED) is 0.831. The zero-order valence-electron chi connectivity index (χ0n) is 11.4. The number of rotatable bonds is 4. The maximum atomic E-state index is 12.7. The van der Waals surface area contributed by atoms with Crippen LogP contribution in [0.4, 0.5) is 0 Å². The molecule has 1 unspecified atom stereocenters. The van der Waals surface area contributed by atoms with E-state index in [0.717, 1.165) is 4.31 Å². The molecule has 1 heterocycles. The summed E-state index contributed by atoms with van der Waals surface area (Å²) in [5.41, 5.74) is -0.292. The molecule has 0 spiro atoms. The van der Waals surface area contributed by atoms with Crippen molar-refractivity contribution in [2.24, 2.45) is 0 Å². The predicted octanol–water partition coefficient (Wildman–Crippen LogP) is 0.284. The molecule has 114 valence electrons. The summed E-state index contributed by atoms with van der Waals surface area (Å²) in [5.74, 6) is -1.70. The van der Waals surface area contributed by atoms with Crippen molar-refractivity contribution in [3.63, 3.8) is 0 Å². The molecule has 8 heteroatoms. The van der Waals surface area contributed by atoms with E-state index < -0.39 is 22.0 Å². The van der Waals surface area contributed by atoms with Crippen LogP contribution in [0.15, 0.2) is 29.2 Å². The highest BCUT2D eigenvalue weighted by molar-refractivity contribution is 7.89. The number of hydrogen-bond donors (Lipinski definition) is 2.